The van der Waals surface area contributed by atoms with Crippen LogP contribution < -0.4 is 10.1 Å². The number of hydrogen-bond acceptors (Lipinski definition) is 3. The van der Waals surface area contributed by atoms with Crippen LogP contribution in [0.3, 0.4) is 0 Å². The zero-order valence-electron chi connectivity index (χ0n) is 10.1. The molecule has 0 saturated heterocycles. The van der Waals surface area contributed by atoms with E-state index in [-0.39, 0.29) is 23.3 Å². The maximum atomic E-state index is 11.9. The van der Waals surface area contributed by atoms with E-state index in [0.29, 0.717) is 11.7 Å². The van der Waals surface area contributed by atoms with Crippen LogP contribution in [0.15, 0.2) is 18.2 Å². The molecule has 1 aromatic carbocycles. The number of carbonyl (C=O) groups excluding carboxylic acids is 1. The van der Waals surface area contributed by atoms with Crippen molar-refractivity contribution >= 4 is 5.91 Å². The second-order valence-corrected chi connectivity index (χ2v) is 4.60. The van der Waals surface area contributed by atoms with Crippen molar-refractivity contribution in [2.24, 2.45) is 5.92 Å². The summed E-state index contributed by atoms with van der Waals surface area (Å²) in [6, 6.07) is 5.15. The van der Waals surface area contributed by atoms with Gasteiger partial charge in [-0.25, -0.2) is 0 Å². The molecule has 0 heterocycles. The number of aromatic hydroxyl groups is 1. The van der Waals surface area contributed by atoms with Gasteiger partial charge in [0.2, 0.25) is 0 Å². The largest absolute Gasteiger partial charge is 0.504 e. The molecule has 2 rings (SSSR count). The molecule has 0 spiro atoms. The van der Waals surface area contributed by atoms with Gasteiger partial charge >= 0.3 is 0 Å². The number of methoxy groups -OCH3 is 1. The van der Waals surface area contributed by atoms with Crippen molar-refractivity contribution in [3.8, 4) is 11.5 Å². The van der Waals surface area contributed by atoms with Crippen LogP contribution in [0.5, 0.6) is 11.5 Å². The van der Waals surface area contributed by atoms with Crippen molar-refractivity contribution in [3.63, 3.8) is 0 Å². The number of rotatable bonds is 3. The van der Waals surface area contributed by atoms with Crippen LogP contribution in [-0.4, -0.2) is 24.2 Å². The highest BCUT2D eigenvalue weighted by Crippen LogP contribution is 2.31. The summed E-state index contributed by atoms with van der Waals surface area (Å²) in [5.74, 6) is 0.664. The van der Waals surface area contributed by atoms with E-state index in [1.165, 1.54) is 7.11 Å². The van der Waals surface area contributed by atoms with E-state index < -0.39 is 0 Å². The number of carbonyl (C=O) groups is 1. The van der Waals surface area contributed by atoms with Gasteiger partial charge in [-0.1, -0.05) is 13.0 Å². The monoisotopic (exact) mass is 235 g/mol. The van der Waals surface area contributed by atoms with Gasteiger partial charge < -0.3 is 15.2 Å². The van der Waals surface area contributed by atoms with E-state index in [1.54, 1.807) is 18.2 Å². The number of hydrogen-bond donors (Lipinski definition) is 2. The van der Waals surface area contributed by atoms with Crippen LogP contribution in [0.25, 0.3) is 0 Å². The van der Waals surface area contributed by atoms with Gasteiger partial charge in [0.15, 0.2) is 11.5 Å². The molecule has 1 fully saturated rings. The average molecular weight is 235 g/mol. The summed E-state index contributed by atoms with van der Waals surface area (Å²) >= 11 is 0. The first-order valence-corrected chi connectivity index (χ1v) is 5.78. The molecule has 4 heteroatoms. The second-order valence-electron chi connectivity index (χ2n) is 4.60. The van der Waals surface area contributed by atoms with Crippen LogP contribution in [0.1, 0.15) is 30.1 Å². The minimum atomic E-state index is -0.238. The van der Waals surface area contributed by atoms with Crippen molar-refractivity contribution in [3.05, 3.63) is 23.8 Å². The van der Waals surface area contributed by atoms with Crippen molar-refractivity contribution in [2.75, 3.05) is 7.11 Å². The smallest absolute Gasteiger partial charge is 0.255 e. The first-order valence-electron chi connectivity index (χ1n) is 5.78. The second kappa shape index (κ2) is 4.65. The van der Waals surface area contributed by atoms with Gasteiger partial charge in [-0.15, -0.1) is 0 Å². The molecule has 17 heavy (non-hydrogen) atoms. The molecular weight excluding hydrogens is 218 g/mol. The zero-order chi connectivity index (χ0) is 12.4. The number of ether oxygens (including phenoxy) is 1. The number of benzene rings is 1. The van der Waals surface area contributed by atoms with Crippen LogP contribution >= 0.6 is 0 Å². The Morgan fingerprint density at radius 1 is 1.47 bits per heavy atom. The highest BCUT2D eigenvalue weighted by Gasteiger charge is 2.27. The molecule has 1 amide bonds. The molecule has 0 aromatic heterocycles. The Hall–Kier alpha value is -1.71. The standard InChI is InChI=1S/C13H17NO3/c1-8-6-9(7-8)14-13(16)10-4-3-5-11(17-2)12(10)15/h3-5,8-9,15H,6-7H2,1-2H3,(H,14,16). The Labute approximate surface area is 101 Å². The number of para-hydroxylation sites is 1. The lowest BCUT2D eigenvalue weighted by Gasteiger charge is -2.33. The molecular formula is C13H17NO3. The summed E-state index contributed by atoms with van der Waals surface area (Å²) < 4.78 is 4.97. The predicted molar refractivity (Wildman–Crippen MR) is 64.3 cm³/mol. The van der Waals surface area contributed by atoms with Gasteiger partial charge in [0.05, 0.1) is 12.7 Å². The lowest BCUT2D eigenvalue weighted by atomic mass is 9.82. The van der Waals surface area contributed by atoms with Gasteiger partial charge in [-0.2, -0.15) is 0 Å². The Kier molecular flexibility index (Phi) is 3.22. The van der Waals surface area contributed by atoms with Crippen molar-refractivity contribution in [1.29, 1.82) is 0 Å². The van der Waals surface area contributed by atoms with Crippen LogP contribution in [-0.2, 0) is 0 Å². The van der Waals surface area contributed by atoms with Crippen molar-refractivity contribution in [1.82, 2.24) is 5.32 Å². The van der Waals surface area contributed by atoms with E-state index in [0.717, 1.165) is 12.8 Å². The topological polar surface area (TPSA) is 58.6 Å². The first kappa shape index (κ1) is 11.8. The van der Waals surface area contributed by atoms with Gasteiger partial charge in [-0.05, 0) is 30.9 Å². The fourth-order valence-corrected chi connectivity index (χ4v) is 2.15. The number of amides is 1. The predicted octanol–water partition coefficient (Wildman–Crippen LogP) is 1.93. The SMILES string of the molecule is COc1cccc(C(=O)NC2CC(C)C2)c1O. The van der Waals surface area contributed by atoms with Gasteiger partial charge in [-0.3, -0.25) is 4.79 Å². The Morgan fingerprint density at radius 2 is 2.18 bits per heavy atom. The van der Waals surface area contributed by atoms with E-state index in [4.69, 9.17) is 4.74 Å². The third-order valence-electron chi connectivity index (χ3n) is 3.17. The van der Waals surface area contributed by atoms with Crippen LogP contribution in [0.2, 0.25) is 0 Å². The molecule has 4 nitrogen and oxygen atoms in total. The first-order chi connectivity index (χ1) is 8.11. The third-order valence-corrected chi connectivity index (χ3v) is 3.17. The zero-order valence-corrected chi connectivity index (χ0v) is 10.1. The summed E-state index contributed by atoms with van der Waals surface area (Å²) in [4.78, 5) is 11.9. The van der Waals surface area contributed by atoms with E-state index in [1.807, 2.05) is 0 Å². The summed E-state index contributed by atoms with van der Waals surface area (Å²) in [5.41, 5.74) is 0.268. The molecule has 0 aliphatic heterocycles. The van der Waals surface area contributed by atoms with Gasteiger partial charge in [0, 0.05) is 6.04 Å². The summed E-state index contributed by atoms with van der Waals surface area (Å²) in [5, 5.41) is 12.7. The third kappa shape index (κ3) is 2.35. The number of nitrogens with one attached hydrogen (secondary N) is 1. The van der Waals surface area contributed by atoms with Crippen LogP contribution in [0.4, 0.5) is 0 Å². The molecule has 1 saturated carbocycles. The molecule has 1 aliphatic carbocycles. The van der Waals surface area contributed by atoms with Crippen molar-refractivity contribution in [2.45, 2.75) is 25.8 Å². The van der Waals surface area contributed by atoms with Crippen LogP contribution in [0, 0.1) is 5.92 Å². The quantitative estimate of drug-likeness (QED) is 0.841. The molecule has 0 radical (unpaired) electrons. The lowest BCUT2D eigenvalue weighted by molar-refractivity contribution is 0.0893. The minimum Gasteiger partial charge on any atom is -0.504 e. The Morgan fingerprint density at radius 3 is 2.76 bits per heavy atom. The lowest BCUT2D eigenvalue weighted by Crippen LogP contribution is -2.43. The molecule has 2 N–H and O–H groups in total. The maximum absolute atomic E-state index is 11.9. The highest BCUT2D eigenvalue weighted by atomic mass is 16.5. The molecule has 1 aliphatic rings. The van der Waals surface area contributed by atoms with Gasteiger partial charge in [0.25, 0.3) is 5.91 Å². The molecule has 1 aromatic rings. The highest BCUT2D eigenvalue weighted by molar-refractivity contribution is 5.97. The summed E-state index contributed by atoms with van der Waals surface area (Å²) in [7, 11) is 1.46. The summed E-state index contributed by atoms with van der Waals surface area (Å²) in [6.07, 6.45) is 2.02. The minimum absolute atomic E-state index is 0.0973. The average Bonchev–Trinajstić information content (AvgIpc) is 2.27. The number of phenols is 1. The normalized spacial score (nSPS) is 22.7. The van der Waals surface area contributed by atoms with Crippen molar-refractivity contribution < 1.29 is 14.6 Å². The van der Waals surface area contributed by atoms with E-state index in [9.17, 15) is 9.90 Å². The number of phenolic OH excluding ortho intramolecular Hbond substituents is 1. The Bertz CT molecular complexity index is 425. The Balaban J connectivity index is 2.08. The summed E-state index contributed by atoms with van der Waals surface area (Å²) in [6.45, 7) is 2.16. The molecule has 0 atom stereocenters. The van der Waals surface area contributed by atoms with E-state index >= 15 is 0 Å². The van der Waals surface area contributed by atoms with E-state index in [2.05, 4.69) is 12.2 Å². The molecule has 0 unspecified atom stereocenters. The molecule has 92 valence electrons. The fourth-order valence-electron chi connectivity index (χ4n) is 2.15. The molecule has 0 bridgehead atoms. The fraction of sp³-hybridized carbons (Fsp3) is 0.462. The maximum Gasteiger partial charge on any atom is 0.255 e. The van der Waals surface area contributed by atoms with Gasteiger partial charge in [0.1, 0.15) is 0 Å².